The smallest absolute Gasteiger partial charge is 0.123 e. The maximum atomic E-state index is 13.3. The van der Waals surface area contributed by atoms with E-state index in [9.17, 15) is 4.39 Å². The van der Waals surface area contributed by atoms with E-state index in [-0.39, 0.29) is 5.82 Å². The quantitative estimate of drug-likeness (QED) is 0.778. The minimum absolute atomic E-state index is 0.159. The van der Waals surface area contributed by atoms with E-state index in [1.807, 2.05) is 18.2 Å². The van der Waals surface area contributed by atoms with Crippen LogP contribution in [-0.2, 0) is 6.42 Å². The summed E-state index contributed by atoms with van der Waals surface area (Å²) < 4.78 is 13.3. The van der Waals surface area contributed by atoms with E-state index in [1.165, 1.54) is 11.6 Å². The zero-order valence-electron chi connectivity index (χ0n) is 10.4. The molecule has 0 saturated heterocycles. The van der Waals surface area contributed by atoms with E-state index in [0.29, 0.717) is 0 Å². The van der Waals surface area contributed by atoms with Crippen molar-refractivity contribution in [3.8, 4) is 0 Å². The lowest BCUT2D eigenvalue weighted by molar-refractivity contribution is 0.358. The van der Waals surface area contributed by atoms with Crippen LogP contribution in [0.3, 0.4) is 0 Å². The van der Waals surface area contributed by atoms with Gasteiger partial charge in [-0.2, -0.15) is 0 Å². The van der Waals surface area contributed by atoms with Crippen molar-refractivity contribution in [2.75, 3.05) is 20.1 Å². The first-order chi connectivity index (χ1) is 8.20. The Labute approximate surface area is 102 Å². The molecule has 0 radical (unpaired) electrons. The lowest BCUT2D eigenvalue weighted by Gasteiger charge is -2.14. The standard InChI is InChI=1S/C15H18FN/c1-3-17(2)10-9-13-6-4-5-12-7-8-14(16)11-15(12)13/h4-8,11H,3,9-10H2,1-2H3. The summed E-state index contributed by atoms with van der Waals surface area (Å²) in [6.45, 7) is 4.19. The molecule has 0 N–H and O–H groups in total. The molecule has 0 aliphatic heterocycles. The fraction of sp³-hybridized carbons (Fsp3) is 0.333. The molecule has 0 aliphatic carbocycles. The third-order valence-electron chi connectivity index (χ3n) is 3.24. The number of nitrogens with zero attached hydrogens (tertiary/aromatic N) is 1. The van der Waals surface area contributed by atoms with Gasteiger partial charge >= 0.3 is 0 Å². The molecule has 0 saturated carbocycles. The van der Waals surface area contributed by atoms with Crippen LogP contribution in [0.4, 0.5) is 4.39 Å². The molecule has 2 heteroatoms. The highest BCUT2D eigenvalue weighted by Crippen LogP contribution is 2.20. The molecule has 90 valence electrons. The molecular formula is C15H18FN. The molecule has 17 heavy (non-hydrogen) atoms. The van der Waals surface area contributed by atoms with E-state index in [0.717, 1.165) is 30.3 Å². The number of hydrogen-bond donors (Lipinski definition) is 0. The van der Waals surface area contributed by atoms with Gasteiger partial charge in [0.25, 0.3) is 0 Å². The van der Waals surface area contributed by atoms with Crippen molar-refractivity contribution in [1.29, 1.82) is 0 Å². The maximum absolute atomic E-state index is 13.3. The van der Waals surface area contributed by atoms with Gasteiger partial charge in [-0.3, -0.25) is 0 Å². The topological polar surface area (TPSA) is 3.24 Å². The van der Waals surface area contributed by atoms with Gasteiger partial charge in [0.05, 0.1) is 0 Å². The molecule has 2 aromatic rings. The summed E-state index contributed by atoms with van der Waals surface area (Å²) in [6.07, 6.45) is 0.963. The Kier molecular flexibility index (Phi) is 3.75. The minimum atomic E-state index is -0.159. The SMILES string of the molecule is CCN(C)CCc1cccc2ccc(F)cc12. The average molecular weight is 231 g/mol. The molecule has 1 nitrogen and oxygen atoms in total. The summed E-state index contributed by atoms with van der Waals surface area (Å²) in [6, 6.07) is 11.2. The van der Waals surface area contributed by atoms with Crippen LogP contribution < -0.4 is 0 Å². The lowest BCUT2D eigenvalue weighted by atomic mass is 10.0. The zero-order valence-corrected chi connectivity index (χ0v) is 10.4. The highest BCUT2D eigenvalue weighted by atomic mass is 19.1. The van der Waals surface area contributed by atoms with Gasteiger partial charge in [-0.1, -0.05) is 31.2 Å². The van der Waals surface area contributed by atoms with Crippen molar-refractivity contribution in [2.24, 2.45) is 0 Å². The van der Waals surface area contributed by atoms with E-state index < -0.39 is 0 Å². The van der Waals surface area contributed by atoms with E-state index in [4.69, 9.17) is 0 Å². The van der Waals surface area contributed by atoms with E-state index in [1.54, 1.807) is 6.07 Å². The van der Waals surface area contributed by atoms with Crippen LogP contribution in [0.2, 0.25) is 0 Å². The van der Waals surface area contributed by atoms with Gasteiger partial charge in [0.15, 0.2) is 0 Å². The second kappa shape index (κ2) is 5.28. The largest absolute Gasteiger partial charge is 0.306 e. The lowest BCUT2D eigenvalue weighted by Crippen LogP contribution is -2.20. The highest BCUT2D eigenvalue weighted by molar-refractivity contribution is 5.85. The van der Waals surface area contributed by atoms with Gasteiger partial charge in [-0.15, -0.1) is 0 Å². The number of fused-ring (bicyclic) bond motifs is 1. The molecule has 0 aromatic heterocycles. The Morgan fingerprint density at radius 3 is 2.76 bits per heavy atom. The zero-order chi connectivity index (χ0) is 12.3. The summed E-state index contributed by atoms with van der Waals surface area (Å²) in [4.78, 5) is 2.26. The van der Waals surface area contributed by atoms with Crippen LogP contribution in [0.15, 0.2) is 36.4 Å². The second-order valence-electron chi connectivity index (χ2n) is 4.43. The van der Waals surface area contributed by atoms with Crippen LogP contribution in [0, 0.1) is 5.82 Å². The summed E-state index contributed by atoms with van der Waals surface area (Å²) in [5, 5.41) is 2.15. The van der Waals surface area contributed by atoms with Crippen molar-refractivity contribution >= 4 is 10.8 Å². The van der Waals surface area contributed by atoms with Crippen molar-refractivity contribution < 1.29 is 4.39 Å². The predicted octanol–water partition coefficient (Wildman–Crippen LogP) is 3.47. The fourth-order valence-electron chi connectivity index (χ4n) is 2.00. The number of hydrogen-bond acceptors (Lipinski definition) is 1. The Bertz CT molecular complexity index is 507. The normalized spacial score (nSPS) is 11.3. The number of rotatable bonds is 4. The molecular weight excluding hydrogens is 213 g/mol. The second-order valence-corrected chi connectivity index (χ2v) is 4.43. The summed E-state index contributed by atoms with van der Waals surface area (Å²) in [5.74, 6) is -0.159. The summed E-state index contributed by atoms with van der Waals surface area (Å²) in [7, 11) is 2.10. The monoisotopic (exact) mass is 231 g/mol. The minimum Gasteiger partial charge on any atom is -0.306 e. The van der Waals surface area contributed by atoms with Crippen molar-refractivity contribution in [3.05, 3.63) is 47.8 Å². The van der Waals surface area contributed by atoms with Crippen molar-refractivity contribution in [1.82, 2.24) is 4.90 Å². The first-order valence-electron chi connectivity index (χ1n) is 6.06. The Balaban J connectivity index is 2.30. The highest BCUT2D eigenvalue weighted by Gasteiger charge is 2.03. The summed E-state index contributed by atoms with van der Waals surface area (Å²) in [5.41, 5.74) is 1.22. The third kappa shape index (κ3) is 2.83. The summed E-state index contributed by atoms with van der Waals surface area (Å²) >= 11 is 0. The molecule has 0 spiro atoms. The first-order valence-corrected chi connectivity index (χ1v) is 6.06. The van der Waals surface area contributed by atoms with E-state index >= 15 is 0 Å². The first kappa shape index (κ1) is 12.1. The van der Waals surface area contributed by atoms with E-state index in [2.05, 4.69) is 24.9 Å². The van der Waals surface area contributed by atoms with Gasteiger partial charge in [-0.25, -0.2) is 4.39 Å². The third-order valence-corrected chi connectivity index (χ3v) is 3.24. The Morgan fingerprint density at radius 2 is 2.00 bits per heavy atom. The number of halogens is 1. The van der Waals surface area contributed by atoms with Crippen LogP contribution in [-0.4, -0.2) is 25.0 Å². The predicted molar refractivity (Wildman–Crippen MR) is 70.8 cm³/mol. The Hall–Kier alpha value is -1.41. The molecule has 0 fully saturated rings. The van der Waals surface area contributed by atoms with Crippen LogP contribution in [0.5, 0.6) is 0 Å². The fourth-order valence-corrected chi connectivity index (χ4v) is 2.00. The molecule has 0 heterocycles. The molecule has 0 bridgehead atoms. The molecule has 2 rings (SSSR count). The Morgan fingerprint density at radius 1 is 1.18 bits per heavy atom. The van der Waals surface area contributed by atoms with Gasteiger partial charge in [0, 0.05) is 6.54 Å². The van der Waals surface area contributed by atoms with Crippen LogP contribution in [0.25, 0.3) is 10.8 Å². The molecule has 0 unspecified atom stereocenters. The maximum Gasteiger partial charge on any atom is 0.123 e. The van der Waals surface area contributed by atoms with Gasteiger partial charge in [0.2, 0.25) is 0 Å². The number of likely N-dealkylation sites (N-methyl/N-ethyl adjacent to an activating group) is 1. The molecule has 0 atom stereocenters. The molecule has 2 aromatic carbocycles. The van der Waals surface area contributed by atoms with Gasteiger partial charge in [0.1, 0.15) is 5.82 Å². The molecule has 0 aliphatic rings. The van der Waals surface area contributed by atoms with Crippen molar-refractivity contribution in [2.45, 2.75) is 13.3 Å². The van der Waals surface area contributed by atoms with Gasteiger partial charge < -0.3 is 4.90 Å². The molecule has 0 amide bonds. The van der Waals surface area contributed by atoms with Crippen LogP contribution in [0.1, 0.15) is 12.5 Å². The van der Waals surface area contributed by atoms with Gasteiger partial charge in [-0.05, 0) is 48.5 Å². The van der Waals surface area contributed by atoms with Crippen molar-refractivity contribution in [3.63, 3.8) is 0 Å². The van der Waals surface area contributed by atoms with Crippen LogP contribution >= 0.6 is 0 Å². The number of benzene rings is 2. The average Bonchev–Trinajstić information content (AvgIpc) is 2.35.